The van der Waals surface area contributed by atoms with E-state index in [4.69, 9.17) is 11.6 Å². The van der Waals surface area contributed by atoms with E-state index < -0.39 is 35.1 Å². The minimum atomic E-state index is -4.93. The zero-order chi connectivity index (χ0) is 24.8. The molecule has 0 aliphatic heterocycles. The van der Waals surface area contributed by atoms with Crippen LogP contribution >= 0.6 is 11.6 Å². The maximum Gasteiger partial charge on any atom is 0.416 e. The normalized spacial score (nSPS) is 11.5. The van der Waals surface area contributed by atoms with Crippen molar-refractivity contribution in [2.24, 2.45) is 0 Å². The molecule has 0 saturated heterocycles. The lowest BCUT2D eigenvalue weighted by molar-refractivity contribution is -0.143. The number of alkyl halides is 6. The van der Waals surface area contributed by atoms with Gasteiger partial charge in [0.25, 0.3) is 0 Å². The molecule has 0 bridgehead atoms. The second kappa shape index (κ2) is 15.1. The number of nitrogens with one attached hydrogen (secondary N) is 1. The molecule has 0 atom stereocenters. The molecule has 0 radical (unpaired) electrons. The van der Waals surface area contributed by atoms with E-state index in [9.17, 15) is 35.9 Å². The Balaban J connectivity index is 0.000000900. The summed E-state index contributed by atoms with van der Waals surface area (Å²) >= 11 is 5.12. The summed E-state index contributed by atoms with van der Waals surface area (Å²) in [4.78, 5) is 21.8. The van der Waals surface area contributed by atoms with Crippen molar-refractivity contribution in [1.82, 2.24) is 0 Å². The van der Waals surface area contributed by atoms with Crippen LogP contribution in [0.5, 0.6) is 0 Å². The molecule has 184 valence electrons. The van der Waals surface area contributed by atoms with Crippen LogP contribution in [-0.4, -0.2) is 11.1 Å². The lowest BCUT2D eigenvalue weighted by atomic mass is 10.1. The summed E-state index contributed by atoms with van der Waals surface area (Å²) in [5.41, 5.74) is -3.41. The largest absolute Gasteiger partial charge is 0.416 e. The summed E-state index contributed by atoms with van der Waals surface area (Å²) in [7, 11) is 0. The Morgan fingerprint density at radius 2 is 1.19 bits per heavy atom. The molecule has 0 saturated carbocycles. The second-order valence-corrected chi connectivity index (χ2v) is 7.74. The van der Waals surface area contributed by atoms with E-state index in [0.29, 0.717) is 25.0 Å². The van der Waals surface area contributed by atoms with Crippen LogP contribution in [0.3, 0.4) is 0 Å². The summed E-state index contributed by atoms with van der Waals surface area (Å²) in [6.07, 6.45) is -1.58. The van der Waals surface area contributed by atoms with Crippen LogP contribution in [0.1, 0.15) is 89.2 Å². The minimum absolute atomic E-state index is 0.0247. The average Bonchev–Trinajstić information content (AvgIpc) is 2.67. The van der Waals surface area contributed by atoms with Gasteiger partial charge in [0.1, 0.15) is 0 Å². The second-order valence-electron chi connectivity index (χ2n) is 7.32. The Hall–Kier alpha value is -1.77. The first kappa shape index (κ1) is 30.2. The zero-order valence-electron chi connectivity index (χ0n) is 18.3. The number of hydrogen-bond donors (Lipinski definition) is 1. The SMILES string of the molecule is CCCCCCC(=O)Cl.CCCCCCC(=O)Nc1cc(C(F)(F)F)cc(C(F)(F)F)c1. The fourth-order valence-electron chi connectivity index (χ4n) is 2.65. The van der Waals surface area contributed by atoms with E-state index in [1.165, 1.54) is 12.8 Å². The fraction of sp³-hybridized carbons (Fsp3) is 0.636. The van der Waals surface area contributed by atoms with Crippen LogP contribution in [0.2, 0.25) is 0 Å². The maximum atomic E-state index is 12.7. The highest BCUT2D eigenvalue weighted by molar-refractivity contribution is 6.63. The van der Waals surface area contributed by atoms with Gasteiger partial charge in [-0.05, 0) is 42.6 Å². The Bertz CT molecular complexity index is 672. The molecule has 1 aromatic rings. The third-order valence-electron chi connectivity index (χ3n) is 4.36. The number of carbonyl (C=O) groups is 2. The van der Waals surface area contributed by atoms with Crippen molar-refractivity contribution in [3.63, 3.8) is 0 Å². The predicted octanol–water partition coefficient (Wildman–Crippen LogP) is 8.36. The molecular formula is C22H30ClF6NO2. The van der Waals surface area contributed by atoms with Gasteiger partial charge in [0.05, 0.1) is 11.1 Å². The van der Waals surface area contributed by atoms with Gasteiger partial charge < -0.3 is 5.32 Å². The quantitative estimate of drug-likeness (QED) is 0.193. The zero-order valence-corrected chi connectivity index (χ0v) is 19.0. The summed E-state index contributed by atoms with van der Waals surface area (Å²) in [5.74, 6) is -0.603. The molecule has 0 spiro atoms. The number of amides is 1. The van der Waals surface area contributed by atoms with Crippen molar-refractivity contribution in [2.75, 3.05) is 5.32 Å². The molecule has 0 aromatic heterocycles. The van der Waals surface area contributed by atoms with Crippen LogP contribution in [-0.2, 0) is 21.9 Å². The number of halogens is 7. The monoisotopic (exact) mass is 489 g/mol. The third-order valence-corrected chi connectivity index (χ3v) is 4.54. The molecule has 32 heavy (non-hydrogen) atoms. The molecule has 1 rings (SSSR count). The van der Waals surface area contributed by atoms with Gasteiger partial charge in [-0.3, -0.25) is 9.59 Å². The van der Waals surface area contributed by atoms with Crippen molar-refractivity contribution >= 4 is 28.4 Å². The third kappa shape index (κ3) is 14.3. The van der Waals surface area contributed by atoms with Gasteiger partial charge in [0.2, 0.25) is 11.1 Å². The molecule has 3 nitrogen and oxygen atoms in total. The molecule has 0 fully saturated rings. The van der Waals surface area contributed by atoms with Gasteiger partial charge in [-0.25, -0.2) is 0 Å². The molecular weight excluding hydrogens is 460 g/mol. The van der Waals surface area contributed by atoms with Gasteiger partial charge in [-0.1, -0.05) is 52.4 Å². The van der Waals surface area contributed by atoms with Gasteiger partial charge >= 0.3 is 12.4 Å². The van der Waals surface area contributed by atoms with E-state index in [1.807, 2.05) is 6.92 Å². The molecule has 10 heteroatoms. The number of benzene rings is 1. The lowest BCUT2D eigenvalue weighted by Gasteiger charge is -2.14. The van der Waals surface area contributed by atoms with Gasteiger partial charge in [0, 0.05) is 18.5 Å². The standard InChI is InChI=1S/C15H17F6NO.C7H13ClO/c1-2-3-4-5-6-13(23)22-12-8-10(14(16,17)18)7-11(9-12)15(19,20)21;1-2-3-4-5-6-7(8)9/h7-9H,2-6H2,1H3,(H,22,23);2-6H2,1H3. The van der Waals surface area contributed by atoms with E-state index >= 15 is 0 Å². The van der Waals surface area contributed by atoms with Crippen molar-refractivity contribution in [3.8, 4) is 0 Å². The van der Waals surface area contributed by atoms with Gasteiger partial charge in [-0.15, -0.1) is 0 Å². The molecule has 1 amide bonds. The Morgan fingerprint density at radius 3 is 1.56 bits per heavy atom. The first-order chi connectivity index (χ1) is 14.8. The van der Waals surface area contributed by atoms with Crippen LogP contribution in [0.25, 0.3) is 0 Å². The smallest absolute Gasteiger partial charge is 0.326 e. The van der Waals surface area contributed by atoms with E-state index in [0.717, 1.165) is 32.1 Å². The average molecular weight is 490 g/mol. The van der Waals surface area contributed by atoms with E-state index in [2.05, 4.69) is 12.2 Å². The first-order valence-electron chi connectivity index (χ1n) is 10.6. The number of unbranched alkanes of at least 4 members (excludes halogenated alkanes) is 6. The van der Waals surface area contributed by atoms with E-state index in [1.54, 1.807) is 0 Å². The molecule has 1 aromatic carbocycles. The summed E-state index contributed by atoms with van der Waals surface area (Å²) in [5, 5.41) is 1.90. The summed E-state index contributed by atoms with van der Waals surface area (Å²) in [6, 6.07) is 1.02. The van der Waals surface area contributed by atoms with E-state index in [-0.39, 0.29) is 17.7 Å². The number of carbonyl (C=O) groups excluding carboxylic acids is 2. The lowest BCUT2D eigenvalue weighted by Crippen LogP contribution is -2.15. The number of anilines is 1. The van der Waals surface area contributed by atoms with Crippen molar-refractivity contribution in [1.29, 1.82) is 0 Å². The Morgan fingerprint density at radius 1 is 0.750 bits per heavy atom. The molecule has 0 heterocycles. The van der Waals surface area contributed by atoms with Crippen molar-refractivity contribution < 1.29 is 35.9 Å². The van der Waals surface area contributed by atoms with Crippen LogP contribution in [0, 0.1) is 0 Å². The highest BCUT2D eigenvalue weighted by atomic mass is 35.5. The molecule has 0 aliphatic carbocycles. The van der Waals surface area contributed by atoms with Crippen LogP contribution in [0.15, 0.2) is 18.2 Å². The Kier molecular flexibility index (Phi) is 14.3. The molecule has 0 aliphatic rings. The number of hydrogen-bond acceptors (Lipinski definition) is 2. The highest BCUT2D eigenvalue weighted by Crippen LogP contribution is 2.37. The highest BCUT2D eigenvalue weighted by Gasteiger charge is 2.37. The topological polar surface area (TPSA) is 46.2 Å². The first-order valence-corrected chi connectivity index (χ1v) is 11.0. The van der Waals surface area contributed by atoms with Gasteiger partial charge in [0.15, 0.2) is 0 Å². The molecule has 1 N–H and O–H groups in total. The van der Waals surface area contributed by atoms with Crippen molar-refractivity contribution in [3.05, 3.63) is 29.3 Å². The summed E-state index contributed by atoms with van der Waals surface area (Å²) < 4.78 is 76.1. The summed E-state index contributed by atoms with van der Waals surface area (Å²) in [6.45, 7) is 4.11. The van der Waals surface area contributed by atoms with Crippen molar-refractivity contribution in [2.45, 2.75) is 90.4 Å². The maximum absolute atomic E-state index is 12.7. The fourth-order valence-corrected chi connectivity index (χ4v) is 2.79. The van der Waals surface area contributed by atoms with Crippen LogP contribution in [0.4, 0.5) is 32.0 Å². The molecule has 0 unspecified atom stereocenters. The van der Waals surface area contributed by atoms with Crippen LogP contribution < -0.4 is 5.32 Å². The van der Waals surface area contributed by atoms with Gasteiger partial charge in [-0.2, -0.15) is 26.3 Å². The predicted molar refractivity (Wildman–Crippen MR) is 113 cm³/mol. The minimum Gasteiger partial charge on any atom is -0.326 e. The number of rotatable bonds is 11. The Labute approximate surface area is 189 Å².